The Morgan fingerprint density at radius 2 is 1.93 bits per heavy atom. The van der Waals surface area contributed by atoms with E-state index in [0.29, 0.717) is 17.0 Å². The summed E-state index contributed by atoms with van der Waals surface area (Å²) < 4.78 is 46.9. The summed E-state index contributed by atoms with van der Waals surface area (Å²) in [5.74, 6) is -2.84. The molecule has 2 heterocycles. The molecule has 2 aromatic rings. The van der Waals surface area contributed by atoms with Crippen molar-refractivity contribution >= 4 is 23.3 Å². The Labute approximate surface area is 157 Å². The zero-order valence-electron chi connectivity index (χ0n) is 14.8. The second-order valence-corrected chi connectivity index (χ2v) is 5.92. The molecule has 1 aromatic carbocycles. The third kappa shape index (κ3) is 4.13. The minimum absolute atomic E-state index is 0.0538. The van der Waals surface area contributed by atoms with Gasteiger partial charge in [0, 0.05) is 13.5 Å². The summed E-state index contributed by atoms with van der Waals surface area (Å²) in [5, 5.41) is 9.27. The maximum Gasteiger partial charge on any atom is 0.573 e. The summed E-state index contributed by atoms with van der Waals surface area (Å²) in [6.07, 6.45) is -1.91. The lowest BCUT2D eigenvalue weighted by atomic mass is 9.95. The van der Waals surface area contributed by atoms with Gasteiger partial charge in [0.15, 0.2) is 0 Å². The molecule has 0 saturated carbocycles. The fourth-order valence-corrected chi connectivity index (χ4v) is 2.69. The average molecular weight is 396 g/mol. The summed E-state index contributed by atoms with van der Waals surface area (Å²) >= 11 is 0. The van der Waals surface area contributed by atoms with Crippen LogP contribution in [0.15, 0.2) is 41.8 Å². The predicted molar refractivity (Wildman–Crippen MR) is 90.5 cm³/mol. The average Bonchev–Trinajstić information content (AvgIpc) is 3.07. The summed E-state index contributed by atoms with van der Waals surface area (Å²) in [6.45, 7) is 0. The Kier molecular flexibility index (Phi) is 5.08. The molecule has 1 atom stereocenters. The topological polar surface area (TPSA) is 86.0 Å². The SMILES string of the molecule is COC(=O)C1CC(c2ccc(OC(F)(F)F)cc2)=NN(c2cnn(C)c2)C1=O. The molecule has 8 nitrogen and oxygen atoms in total. The molecule has 0 N–H and O–H groups in total. The van der Waals surface area contributed by atoms with Crippen LogP contribution in [0.2, 0.25) is 0 Å². The summed E-state index contributed by atoms with van der Waals surface area (Å²) in [7, 11) is 2.82. The zero-order valence-corrected chi connectivity index (χ0v) is 14.8. The number of carbonyl (C=O) groups is 2. The number of hydrogen-bond donors (Lipinski definition) is 0. The van der Waals surface area contributed by atoms with E-state index in [0.717, 1.165) is 17.1 Å². The third-order valence-corrected chi connectivity index (χ3v) is 3.97. The van der Waals surface area contributed by atoms with Crippen LogP contribution >= 0.6 is 0 Å². The molecule has 0 fully saturated rings. The number of rotatable bonds is 4. The highest BCUT2D eigenvalue weighted by Gasteiger charge is 2.38. The standard InChI is InChI=1S/C17H15F3N4O4/c1-23-9-11(8-21-23)24-15(25)13(16(26)27-2)7-14(22-24)10-3-5-12(6-4-10)28-17(18,19)20/h3-6,8-9,13H,7H2,1-2H3. The zero-order chi connectivity index (χ0) is 20.5. The lowest BCUT2D eigenvalue weighted by molar-refractivity contribution is -0.274. The van der Waals surface area contributed by atoms with Crippen molar-refractivity contribution in [2.75, 3.05) is 12.1 Å². The number of hydrazone groups is 1. The third-order valence-electron chi connectivity index (χ3n) is 3.97. The first-order chi connectivity index (χ1) is 13.2. The van der Waals surface area contributed by atoms with Crippen LogP contribution in [0.25, 0.3) is 0 Å². The van der Waals surface area contributed by atoms with E-state index in [1.165, 1.54) is 30.1 Å². The lowest BCUT2D eigenvalue weighted by Crippen LogP contribution is -2.42. The molecule has 1 unspecified atom stereocenters. The van der Waals surface area contributed by atoms with Crippen molar-refractivity contribution in [2.24, 2.45) is 18.1 Å². The van der Waals surface area contributed by atoms with Gasteiger partial charge in [-0.2, -0.15) is 15.2 Å². The van der Waals surface area contributed by atoms with E-state index in [-0.39, 0.29) is 6.42 Å². The summed E-state index contributed by atoms with van der Waals surface area (Å²) in [6, 6.07) is 4.99. The van der Waals surface area contributed by atoms with Crippen LogP contribution in [-0.4, -0.2) is 40.8 Å². The molecule has 11 heteroatoms. The Bertz CT molecular complexity index is 921. The minimum Gasteiger partial charge on any atom is -0.468 e. The smallest absolute Gasteiger partial charge is 0.468 e. The molecule has 3 rings (SSSR count). The number of anilines is 1. The molecule has 28 heavy (non-hydrogen) atoms. The summed E-state index contributed by atoms with van der Waals surface area (Å²) in [4.78, 5) is 24.7. The number of benzene rings is 1. The Morgan fingerprint density at radius 1 is 1.25 bits per heavy atom. The molecule has 1 aliphatic rings. The number of amides is 1. The fraction of sp³-hybridized carbons (Fsp3) is 0.294. The van der Waals surface area contributed by atoms with Crippen molar-refractivity contribution < 1.29 is 32.2 Å². The number of aryl methyl sites for hydroxylation is 1. The summed E-state index contributed by atoms with van der Waals surface area (Å²) in [5.41, 5.74) is 1.11. The van der Waals surface area contributed by atoms with Gasteiger partial charge in [-0.25, -0.2) is 0 Å². The molecule has 148 valence electrons. The van der Waals surface area contributed by atoms with Crippen LogP contribution in [0, 0.1) is 5.92 Å². The van der Waals surface area contributed by atoms with Crippen LogP contribution in [0.4, 0.5) is 18.9 Å². The molecular weight excluding hydrogens is 381 g/mol. The van der Waals surface area contributed by atoms with Gasteiger partial charge < -0.3 is 9.47 Å². The molecule has 1 aromatic heterocycles. The van der Waals surface area contributed by atoms with E-state index >= 15 is 0 Å². The first-order valence-corrected chi connectivity index (χ1v) is 8.02. The van der Waals surface area contributed by atoms with E-state index in [4.69, 9.17) is 4.74 Å². The van der Waals surface area contributed by atoms with E-state index in [1.807, 2.05) is 0 Å². The number of aromatic nitrogens is 2. The maximum atomic E-state index is 12.7. The van der Waals surface area contributed by atoms with Crippen molar-refractivity contribution in [3.63, 3.8) is 0 Å². The predicted octanol–water partition coefficient (Wildman–Crippen LogP) is 2.25. The number of carbonyl (C=O) groups excluding carboxylic acids is 2. The molecule has 0 radical (unpaired) electrons. The molecule has 1 aliphatic heterocycles. The number of ether oxygens (including phenoxy) is 2. The molecule has 0 spiro atoms. The van der Waals surface area contributed by atoms with Crippen LogP contribution in [0.3, 0.4) is 0 Å². The van der Waals surface area contributed by atoms with Gasteiger partial charge in [-0.15, -0.1) is 13.2 Å². The second kappa shape index (κ2) is 7.33. The van der Waals surface area contributed by atoms with Crippen LogP contribution in [0.1, 0.15) is 12.0 Å². The Hall–Kier alpha value is -3.37. The van der Waals surface area contributed by atoms with Crippen molar-refractivity contribution in [2.45, 2.75) is 12.8 Å². The number of esters is 1. The van der Waals surface area contributed by atoms with Gasteiger partial charge >= 0.3 is 12.3 Å². The first-order valence-electron chi connectivity index (χ1n) is 8.02. The second-order valence-electron chi connectivity index (χ2n) is 5.92. The van der Waals surface area contributed by atoms with Gasteiger partial charge in [0.05, 0.1) is 25.2 Å². The van der Waals surface area contributed by atoms with Gasteiger partial charge in [0.2, 0.25) is 0 Å². The highest BCUT2D eigenvalue weighted by molar-refractivity contribution is 6.15. The number of alkyl halides is 3. The molecule has 1 amide bonds. The molecule has 0 aliphatic carbocycles. The van der Waals surface area contributed by atoms with E-state index in [1.54, 1.807) is 13.2 Å². The largest absolute Gasteiger partial charge is 0.573 e. The van der Waals surface area contributed by atoms with Gasteiger partial charge in [0.1, 0.15) is 17.4 Å². The monoisotopic (exact) mass is 396 g/mol. The minimum atomic E-state index is -4.80. The van der Waals surface area contributed by atoms with Gasteiger partial charge in [-0.05, 0) is 29.8 Å². The quantitative estimate of drug-likeness (QED) is 0.585. The van der Waals surface area contributed by atoms with Crippen molar-refractivity contribution in [3.05, 3.63) is 42.2 Å². The number of methoxy groups -OCH3 is 1. The Balaban J connectivity index is 1.95. The van der Waals surface area contributed by atoms with Crippen LogP contribution < -0.4 is 9.75 Å². The van der Waals surface area contributed by atoms with Gasteiger partial charge in [0.25, 0.3) is 5.91 Å². The molecular formula is C17H15F3N4O4. The number of hydrogen-bond acceptors (Lipinski definition) is 6. The van der Waals surface area contributed by atoms with Crippen molar-refractivity contribution in [1.29, 1.82) is 0 Å². The lowest BCUT2D eigenvalue weighted by Gasteiger charge is -2.27. The van der Waals surface area contributed by atoms with Gasteiger partial charge in [-0.3, -0.25) is 14.3 Å². The maximum absolute atomic E-state index is 12.7. The van der Waals surface area contributed by atoms with E-state index in [2.05, 4.69) is 14.9 Å². The first kappa shape index (κ1) is 19.4. The molecule has 0 bridgehead atoms. The van der Waals surface area contributed by atoms with E-state index in [9.17, 15) is 22.8 Å². The number of halogens is 3. The molecule has 0 saturated heterocycles. The fourth-order valence-electron chi connectivity index (χ4n) is 2.69. The van der Waals surface area contributed by atoms with Gasteiger partial charge in [-0.1, -0.05) is 0 Å². The number of nitrogens with zero attached hydrogens (tertiary/aromatic N) is 4. The van der Waals surface area contributed by atoms with E-state index < -0.39 is 29.9 Å². The highest BCUT2D eigenvalue weighted by Crippen LogP contribution is 2.28. The Morgan fingerprint density at radius 3 is 2.46 bits per heavy atom. The normalized spacial score (nSPS) is 17.3. The highest BCUT2D eigenvalue weighted by atomic mass is 19.4. The van der Waals surface area contributed by atoms with Crippen molar-refractivity contribution in [1.82, 2.24) is 9.78 Å². The van der Waals surface area contributed by atoms with Crippen LogP contribution in [-0.2, 0) is 21.4 Å². The van der Waals surface area contributed by atoms with Crippen LogP contribution in [0.5, 0.6) is 5.75 Å². The van der Waals surface area contributed by atoms with Crippen molar-refractivity contribution in [3.8, 4) is 5.75 Å².